The zero-order chi connectivity index (χ0) is 16.4. The molecule has 1 aromatic heterocycles. The molecule has 0 radical (unpaired) electrons. The molecule has 3 rings (SSSR count). The predicted octanol–water partition coefficient (Wildman–Crippen LogP) is 2.65. The Morgan fingerprint density at radius 1 is 1.22 bits per heavy atom. The van der Waals surface area contributed by atoms with E-state index in [2.05, 4.69) is 5.32 Å². The Kier molecular flexibility index (Phi) is 4.46. The summed E-state index contributed by atoms with van der Waals surface area (Å²) in [6.07, 6.45) is 0.391. The van der Waals surface area contributed by atoms with Gasteiger partial charge in [-0.3, -0.25) is 4.79 Å². The van der Waals surface area contributed by atoms with Crippen LogP contribution in [0.25, 0.3) is 11.3 Å². The number of carbonyl (C=O) groups excluding carboxylic acids is 1. The van der Waals surface area contributed by atoms with Crippen LogP contribution in [-0.2, 0) is 21.2 Å². The molecular weight excluding hydrogens is 338 g/mol. The predicted molar refractivity (Wildman–Crippen MR) is 87.8 cm³/mol. The highest BCUT2D eigenvalue weighted by Gasteiger charge is 2.32. The largest absolute Gasteiger partial charge is 0.459 e. The van der Waals surface area contributed by atoms with Crippen LogP contribution in [0.3, 0.4) is 0 Å². The van der Waals surface area contributed by atoms with E-state index in [-0.39, 0.29) is 24.0 Å². The SMILES string of the molecule is O=C(NCc1ccc(-c2ccc(Cl)cc2)o1)[C@@H]1CCS(=O)(=O)C1. The number of hydrogen-bond acceptors (Lipinski definition) is 4. The molecule has 1 aromatic carbocycles. The highest BCUT2D eigenvalue weighted by Crippen LogP contribution is 2.24. The van der Waals surface area contributed by atoms with E-state index >= 15 is 0 Å². The molecule has 1 N–H and O–H groups in total. The number of carbonyl (C=O) groups is 1. The molecular formula is C16H16ClNO4S. The van der Waals surface area contributed by atoms with Crippen molar-refractivity contribution in [2.45, 2.75) is 13.0 Å². The Morgan fingerprint density at radius 3 is 2.61 bits per heavy atom. The van der Waals surface area contributed by atoms with E-state index in [4.69, 9.17) is 16.0 Å². The van der Waals surface area contributed by atoms with Gasteiger partial charge in [0.25, 0.3) is 0 Å². The van der Waals surface area contributed by atoms with Crippen molar-refractivity contribution in [2.75, 3.05) is 11.5 Å². The summed E-state index contributed by atoms with van der Waals surface area (Å²) in [7, 11) is -3.05. The second-order valence-corrected chi connectivity index (χ2v) is 8.26. The van der Waals surface area contributed by atoms with Gasteiger partial charge >= 0.3 is 0 Å². The van der Waals surface area contributed by atoms with E-state index in [0.717, 1.165) is 5.56 Å². The van der Waals surface area contributed by atoms with Crippen LogP contribution in [0.15, 0.2) is 40.8 Å². The van der Waals surface area contributed by atoms with Crippen LogP contribution >= 0.6 is 11.6 Å². The maximum absolute atomic E-state index is 12.0. The minimum absolute atomic E-state index is 0.0625. The Hall–Kier alpha value is -1.79. The number of rotatable bonds is 4. The summed E-state index contributed by atoms with van der Waals surface area (Å²) < 4.78 is 28.5. The quantitative estimate of drug-likeness (QED) is 0.916. The molecule has 1 atom stereocenters. The molecule has 1 saturated heterocycles. The maximum Gasteiger partial charge on any atom is 0.224 e. The second kappa shape index (κ2) is 6.37. The van der Waals surface area contributed by atoms with Gasteiger partial charge in [0.15, 0.2) is 9.84 Å². The first kappa shape index (κ1) is 16.1. The van der Waals surface area contributed by atoms with E-state index in [1.165, 1.54) is 0 Å². The van der Waals surface area contributed by atoms with Crippen LogP contribution in [-0.4, -0.2) is 25.8 Å². The number of furan rings is 1. The standard InChI is InChI=1S/C16H16ClNO4S/c17-13-3-1-11(2-4-13)15-6-5-14(22-15)9-18-16(19)12-7-8-23(20,21)10-12/h1-6,12H,7-10H2,(H,18,19)/t12-/m1/s1. The molecule has 1 aliphatic rings. The lowest BCUT2D eigenvalue weighted by molar-refractivity contribution is -0.124. The number of amides is 1. The van der Waals surface area contributed by atoms with Gasteiger partial charge in [-0.05, 0) is 42.8 Å². The summed E-state index contributed by atoms with van der Waals surface area (Å²) in [5.41, 5.74) is 0.897. The lowest BCUT2D eigenvalue weighted by atomic mass is 10.1. The molecule has 1 fully saturated rings. The van der Waals surface area contributed by atoms with Crippen molar-refractivity contribution in [3.8, 4) is 11.3 Å². The molecule has 5 nitrogen and oxygen atoms in total. The third-order valence-electron chi connectivity index (χ3n) is 3.83. The van der Waals surface area contributed by atoms with Crippen molar-refractivity contribution in [1.82, 2.24) is 5.32 Å². The molecule has 7 heteroatoms. The van der Waals surface area contributed by atoms with Gasteiger partial charge < -0.3 is 9.73 Å². The van der Waals surface area contributed by atoms with Crippen LogP contribution in [0, 0.1) is 5.92 Å². The highest BCUT2D eigenvalue weighted by atomic mass is 35.5. The number of halogens is 1. The van der Waals surface area contributed by atoms with Gasteiger partial charge in [0.1, 0.15) is 11.5 Å². The molecule has 0 unspecified atom stereocenters. The van der Waals surface area contributed by atoms with Gasteiger partial charge in [-0.25, -0.2) is 8.42 Å². The topological polar surface area (TPSA) is 76.4 Å². The molecule has 0 aliphatic carbocycles. The fraction of sp³-hybridized carbons (Fsp3) is 0.312. The van der Waals surface area contributed by atoms with E-state index in [9.17, 15) is 13.2 Å². The zero-order valence-electron chi connectivity index (χ0n) is 12.3. The van der Waals surface area contributed by atoms with Gasteiger partial charge in [-0.1, -0.05) is 11.6 Å². The first-order valence-corrected chi connectivity index (χ1v) is 9.46. The van der Waals surface area contributed by atoms with Crippen molar-refractivity contribution >= 4 is 27.3 Å². The average Bonchev–Trinajstić information content (AvgIpc) is 3.12. The van der Waals surface area contributed by atoms with Crippen molar-refractivity contribution in [3.05, 3.63) is 47.2 Å². The van der Waals surface area contributed by atoms with Crippen LogP contribution in [0.4, 0.5) is 0 Å². The Labute approximate surface area is 139 Å². The monoisotopic (exact) mass is 353 g/mol. The molecule has 23 heavy (non-hydrogen) atoms. The molecule has 122 valence electrons. The molecule has 0 saturated carbocycles. The van der Waals surface area contributed by atoms with Crippen molar-refractivity contribution in [1.29, 1.82) is 0 Å². The minimum Gasteiger partial charge on any atom is -0.459 e. The van der Waals surface area contributed by atoms with Crippen LogP contribution in [0.5, 0.6) is 0 Å². The second-order valence-electron chi connectivity index (χ2n) is 5.59. The Bertz CT molecular complexity index is 811. The minimum atomic E-state index is -3.05. The molecule has 2 heterocycles. The third-order valence-corrected chi connectivity index (χ3v) is 5.85. The van der Waals surface area contributed by atoms with Gasteiger partial charge in [0.2, 0.25) is 5.91 Å². The van der Waals surface area contributed by atoms with Gasteiger partial charge in [-0.15, -0.1) is 0 Å². The van der Waals surface area contributed by atoms with Gasteiger partial charge in [0, 0.05) is 10.6 Å². The first-order valence-electron chi connectivity index (χ1n) is 7.26. The number of sulfone groups is 1. The molecule has 0 spiro atoms. The van der Waals surface area contributed by atoms with E-state index in [1.807, 2.05) is 18.2 Å². The summed E-state index contributed by atoms with van der Waals surface area (Å²) in [5.74, 6) is 0.638. The fourth-order valence-electron chi connectivity index (χ4n) is 2.56. The number of hydrogen-bond donors (Lipinski definition) is 1. The fourth-order valence-corrected chi connectivity index (χ4v) is 4.43. The molecule has 2 aromatic rings. The first-order chi connectivity index (χ1) is 10.9. The Morgan fingerprint density at radius 2 is 1.96 bits per heavy atom. The summed E-state index contributed by atoms with van der Waals surface area (Å²) >= 11 is 5.85. The normalized spacial score (nSPS) is 19.6. The molecule has 0 bridgehead atoms. The van der Waals surface area contributed by atoms with Crippen molar-refractivity contribution in [3.63, 3.8) is 0 Å². The van der Waals surface area contributed by atoms with Gasteiger partial charge in [-0.2, -0.15) is 0 Å². The molecule has 1 amide bonds. The highest BCUT2D eigenvalue weighted by molar-refractivity contribution is 7.91. The number of benzene rings is 1. The maximum atomic E-state index is 12.0. The van der Waals surface area contributed by atoms with E-state index < -0.39 is 15.8 Å². The van der Waals surface area contributed by atoms with Crippen molar-refractivity contribution < 1.29 is 17.6 Å². The van der Waals surface area contributed by atoms with Crippen LogP contribution in [0.2, 0.25) is 5.02 Å². The van der Waals surface area contributed by atoms with E-state index in [1.54, 1.807) is 18.2 Å². The molecule has 1 aliphatic heterocycles. The lowest BCUT2D eigenvalue weighted by Crippen LogP contribution is -2.30. The van der Waals surface area contributed by atoms with Gasteiger partial charge in [0.05, 0.1) is 24.0 Å². The third kappa shape index (κ3) is 3.95. The number of nitrogens with one attached hydrogen (secondary N) is 1. The Balaban J connectivity index is 1.59. The summed E-state index contributed by atoms with van der Waals surface area (Å²) in [6, 6.07) is 10.9. The smallest absolute Gasteiger partial charge is 0.224 e. The lowest BCUT2D eigenvalue weighted by Gasteiger charge is -2.07. The summed E-state index contributed by atoms with van der Waals surface area (Å²) in [4.78, 5) is 12.0. The average molecular weight is 354 g/mol. The van der Waals surface area contributed by atoms with Crippen LogP contribution in [0.1, 0.15) is 12.2 Å². The van der Waals surface area contributed by atoms with Crippen molar-refractivity contribution in [2.24, 2.45) is 5.92 Å². The summed E-state index contributed by atoms with van der Waals surface area (Å²) in [6.45, 7) is 0.239. The van der Waals surface area contributed by atoms with Crippen LogP contribution < -0.4 is 5.32 Å². The van der Waals surface area contributed by atoms with E-state index in [0.29, 0.717) is 23.0 Å². The zero-order valence-corrected chi connectivity index (χ0v) is 13.9. The summed E-state index contributed by atoms with van der Waals surface area (Å²) in [5, 5.41) is 3.39.